The van der Waals surface area contributed by atoms with E-state index in [1.54, 1.807) is 6.92 Å². The SMILES string of the molecule is CCOCC(Nc1nc(C)c(C(=O)O)s1)C(C)C. The molecule has 0 aliphatic heterocycles. The van der Waals surface area contributed by atoms with E-state index in [2.05, 4.69) is 24.1 Å². The van der Waals surface area contributed by atoms with Crippen molar-refractivity contribution >= 4 is 22.4 Å². The zero-order valence-electron chi connectivity index (χ0n) is 11.2. The molecule has 18 heavy (non-hydrogen) atoms. The molecule has 0 fully saturated rings. The first kappa shape index (κ1) is 14.9. The van der Waals surface area contributed by atoms with E-state index >= 15 is 0 Å². The topological polar surface area (TPSA) is 71.5 Å². The van der Waals surface area contributed by atoms with Crippen LogP contribution in [0.5, 0.6) is 0 Å². The van der Waals surface area contributed by atoms with Crippen LogP contribution in [-0.4, -0.2) is 35.3 Å². The highest BCUT2D eigenvalue weighted by atomic mass is 32.1. The maximum absolute atomic E-state index is 10.9. The minimum Gasteiger partial charge on any atom is -0.477 e. The summed E-state index contributed by atoms with van der Waals surface area (Å²) in [5.41, 5.74) is 0.550. The first-order valence-corrected chi connectivity index (χ1v) is 6.82. The number of carboxylic acid groups (broad SMARTS) is 1. The maximum Gasteiger partial charge on any atom is 0.347 e. The summed E-state index contributed by atoms with van der Waals surface area (Å²) in [5, 5.41) is 12.9. The van der Waals surface area contributed by atoms with E-state index in [1.165, 1.54) is 11.3 Å². The average molecular weight is 272 g/mol. The summed E-state index contributed by atoms with van der Waals surface area (Å²) in [4.78, 5) is 15.5. The van der Waals surface area contributed by atoms with E-state index in [0.717, 1.165) is 0 Å². The van der Waals surface area contributed by atoms with Crippen molar-refractivity contribution in [2.24, 2.45) is 5.92 Å². The summed E-state index contributed by atoms with van der Waals surface area (Å²) < 4.78 is 5.41. The van der Waals surface area contributed by atoms with Crippen LogP contribution in [0.1, 0.15) is 36.1 Å². The first-order chi connectivity index (χ1) is 8.45. The van der Waals surface area contributed by atoms with E-state index in [1.807, 2.05) is 6.92 Å². The number of aromatic nitrogens is 1. The molecule has 6 heteroatoms. The fourth-order valence-corrected chi connectivity index (χ4v) is 2.33. The molecule has 102 valence electrons. The lowest BCUT2D eigenvalue weighted by Crippen LogP contribution is -2.30. The van der Waals surface area contributed by atoms with Gasteiger partial charge in [-0.25, -0.2) is 9.78 Å². The van der Waals surface area contributed by atoms with Crippen LogP contribution in [0.2, 0.25) is 0 Å². The zero-order chi connectivity index (χ0) is 13.7. The second kappa shape index (κ2) is 6.70. The van der Waals surface area contributed by atoms with Gasteiger partial charge in [0.15, 0.2) is 5.13 Å². The number of ether oxygens (including phenoxy) is 1. The van der Waals surface area contributed by atoms with Gasteiger partial charge >= 0.3 is 5.97 Å². The summed E-state index contributed by atoms with van der Waals surface area (Å²) in [6.07, 6.45) is 0. The highest BCUT2D eigenvalue weighted by Gasteiger charge is 2.18. The fourth-order valence-electron chi connectivity index (χ4n) is 1.46. The summed E-state index contributed by atoms with van der Waals surface area (Å²) in [7, 11) is 0. The van der Waals surface area contributed by atoms with Crippen LogP contribution in [-0.2, 0) is 4.74 Å². The van der Waals surface area contributed by atoms with Gasteiger partial charge in [0.25, 0.3) is 0 Å². The van der Waals surface area contributed by atoms with Crippen LogP contribution >= 0.6 is 11.3 Å². The van der Waals surface area contributed by atoms with Crippen LogP contribution in [0.15, 0.2) is 0 Å². The van der Waals surface area contributed by atoms with Crippen molar-refractivity contribution in [1.82, 2.24) is 4.98 Å². The third-order valence-corrected chi connectivity index (χ3v) is 3.68. The van der Waals surface area contributed by atoms with E-state index in [-0.39, 0.29) is 10.9 Å². The number of aryl methyl sites for hydroxylation is 1. The third kappa shape index (κ3) is 3.96. The standard InChI is InChI=1S/C12H20N2O3S/c1-5-17-6-9(7(2)3)14-12-13-8(4)10(18-12)11(15)16/h7,9H,5-6H2,1-4H3,(H,13,14)(H,15,16). The van der Waals surface area contributed by atoms with Gasteiger partial charge in [-0.2, -0.15) is 0 Å². The Kier molecular flexibility index (Phi) is 5.55. The Bertz CT molecular complexity index is 404. The minimum absolute atomic E-state index is 0.136. The van der Waals surface area contributed by atoms with Gasteiger partial charge in [0.1, 0.15) is 4.88 Å². The Hall–Kier alpha value is -1.14. The Morgan fingerprint density at radius 2 is 2.22 bits per heavy atom. The number of hydrogen-bond acceptors (Lipinski definition) is 5. The van der Waals surface area contributed by atoms with Crippen molar-refractivity contribution in [1.29, 1.82) is 0 Å². The van der Waals surface area contributed by atoms with E-state index < -0.39 is 5.97 Å². The molecule has 0 amide bonds. The minimum atomic E-state index is -0.927. The number of aromatic carboxylic acids is 1. The highest BCUT2D eigenvalue weighted by molar-refractivity contribution is 7.17. The lowest BCUT2D eigenvalue weighted by molar-refractivity contribution is 0.0701. The molecule has 0 bridgehead atoms. The summed E-state index contributed by atoms with van der Waals surface area (Å²) in [6.45, 7) is 9.10. The Balaban J connectivity index is 2.74. The average Bonchev–Trinajstić information content (AvgIpc) is 2.65. The van der Waals surface area contributed by atoms with Crippen molar-refractivity contribution in [3.63, 3.8) is 0 Å². The van der Waals surface area contributed by atoms with Crippen molar-refractivity contribution < 1.29 is 14.6 Å². The Labute approximate surface area is 111 Å². The predicted octanol–water partition coefficient (Wildman–Crippen LogP) is 2.62. The molecule has 0 saturated heterocycles. The van der Waals surface area contributed by atoms with Gasteiger partial charge in [0.2, 0.25) is 0 Å². The molecule has 0 aliphatic rings. The molecular weight excluding hydrogens is 252 g/mol. The smallest absolute Gasteiger partial charge is 0.347 e. The van der Waals surface area contributed by atoms with Gasteiger partial charge in [0.05, 0.1) is 18.3 Å². The third-order valence-electron chi connectivity index (χ3n) is 2.61. The number of anilines is 1. The molecule has 0 aliphatic carbocycles. The summed E-state index contributed by atoms with van der Waals surface area (Å²) >= 11 is 1.17. The molecule has 1 atom stereocenters. The van der Waals surface area contributed by atoms with Gasteiger partial charge in [-0.3, -0.25) is 0 Å². The number of carbonyl (C=O) groups is 1. The highest BCUT2D eigenvalue weighted by Crippen LogP contribution is 2.24. The molecule has 0 saturated carbocycles. The Morgan fingerprint density at radius 3 is 2.67 bits per heavy atom. The number of nitrogens with zero attached hydrogens (tertiary/aromatic N) is 1. The van der Waals surface area contributed by atoms with Crippen LogP contribution < -0.4 is 5.32 Å². The quantitative estimate of drug-likeness (QED) is 0.798. The van der Waals surface area contributed by atoms with Gasteiger partial charge in [0, 0.05) is 6.61 Å². The largest absolute Gasteiger partial charge is 0.477 e. The van der Waals surface area contributed by atoms with Gasteiger partial charge in [-0.05, 0) is 19.8 Å². The van der Waals surface area contributed by atoms with Crippen LogP contribution in [0.4, 0.5) is 5.13 Å². The fraction of sp³-hybridized carbons (Fsp3) is 0.667. The molecule has 0 spiro atoms. The summed E-state index contributed by atoms with van der Waals surface area (Å²) in [6, 6.07) is 0.136. The molecule has 0 radical (unpaired) electrons. The van der Waals surface area contributed by atoms with Gasteiger partial charge in [-0.1, -0.05) is 25.2 Å². The number of hydrogen-bond donors (Lipinski definition) is 2. The van der Waals surface area contributed by atoms with Crippen LogP contribution in [0, 0.1) is 12.8 Å². The molecule has 1 heterocycles. The maximum atomic E-state index is 10.9. The van der Waals surface area contributed by atoms with Gasteiger partial charge in [-0.15, -0.1) is 0 Å². The molecule has 2 N–H and O–H groups in total. The van der Waals surface area contributed by atoms with Crippen molar-refractivity contribution in [2.75, 3.05) is 18.5 Å². The zero-order valence-corrected chi connectivity index (χ0v) is 12.0. The number of nitrogens with one attached hydrogen (secondary N) is 1. The second-order valence-electron chi connectivity index (χ2n) is 4.39. The van der Waals surface area contributed by atoms with Crippen molar-refractivity contribution in [2.45, 2.75) is 33.7 Å². The number of rotatable bonds is 7. The second-order valence-corrected chi connectivity index (χ2v) is 5.39. The molecule has 1 rings (SSSR count). The lowest BCUT2D eigenvalue weighted by Gasteiger charge is -2.21. The van der Waals surface area contributed by atoms with Crippen LogP contribution in [0.3, 0.4) is 0 Å². The Morgan fingerprint density at radius 1 is 1.56 bits per heavy atom. The summed E-state index contributed by atoms with van der Waals surface area (Å²) in [5.74, 6) is -0.544. The normalized spacial score (nSPS) is 12.7. The van der Waals surface area contributed by atoms with Crippen LogP contribution in [0.25, 0.3) is 0 Å². The van der Waals surface area contributed by atoms with Crippen molar-refractivity contribution in [3.05, 3.63) is 10.6 Å². The number of thiazole rings is 1. The van der Waals surface area contributed by atoms with E-state index in [9.17, 15) is 4.79 Å². The molecule has 1 aromatic rings. The molecule has 1 aromatic heterocycles. The molecule has 5 nitrogen and oxygen atoms in total. The van der Waals surface area contributed by atoms with E-state index in [0.29, 0.717) is 30.0 Å². The first-order valence-electron chi connectivity index (χ1n) is 6.00. The molecule has 1 unspecified atom stereocenters. The lowest BCUT2D eigenvalue weighted by atomic mass is 10.1. The van der Waals surface area contributed by atoms with E-state index in [4.69, 9.17) is 9.84 Å². The van der Waals surface area contributed by atoms with Crippen molar-refractivity contribution in [3.8, 4) is 0 Å². The molecular formula is C12H20N2O3S. The monoisotopic (exact) mass is 272 g/mol. The molecule has 0 aromatic carbocycles. The predicted molar refractivity (Wildman–Crippen MR) is 72.6 cm³/mol. The van der Waals surface area contributed by atoms with Gasteiger partial charge < -0.3 is 15.2 Å². The number of carboxylic acids is 1.